The first-order chi connectivity index (χ1) is 5.10. The smallest absolute Gasteiger partial charge is 0.0166 e. The van der Waals surface area contributed by atoms with Gasteiger partial charge in [-0.05, 0) is 37.0 Å². The summed E-state index contributed by atoms with van der Waals surface area (Å²) >= 11 is 5.32. The Hall–Kier alpha value is 1.46. The molecular formula is C9H14I2. The van der Waals surface area contributed by atoms with Gasteiger partial charge in [0.25, 0.3) is 0 Å². The van der Waals surface area contributed by atoms with Crippen LogP contribution in [0.3, 0.4) is 0 Å². The molecule has 0 aromatic heterocycles. The lowest BCUT2D eigenvalue weighted by Gasteiger charge is -2.34. The summed E-state index contributed by atoms with van der Waals surface area (Å²) in [5.74, 6) is 1.07. The van der Waals surface area contributed by atoms with Crippen molar-refractivity contribution in [2.75, 3.05) is 0 Å². The van der Waals surface area contributed by atoms with Gasteiger partial charge in [-0.3, -0.25) is 0 Å². The SMILES string of the molecule is CC12CC(I)CC(CC1I)C2. The van der Waals surface area contributed by atoms with Crippen molar-refractivity contribution in [1.82, 2.24) is 0 Å². The summed E-state index contributed by atoms with van der Waals surface area (Å²) in [6, 6.07) is 0. The van der Waals surface area contributed by atoms with Gasteiger partial charge in [0.1, 0.15) is 0 Å². The maximum atomic E-state index is 2.67. The minimum atomic E-state index is 0.704. The van der Waals surface area contributed by atoms with E-state index in [4.69, 9.17) is 0 Å². The normalized spacial score (nSPS) is 56.5. The summed E-state index contributed by atoms with van der Waals surface area (Å²) in [6.45, 7) is 2.49. The van der Waals surface area contributed by atoms with E-state index < -0.39 is 0 Å². The number of halogens is 2. The summed E-state index contributed by atoms with van der Waals surface area (Å²) in [5.41, 5.74) is 0.704. The molecule has 2 aliphatic carbocycles. The second-order valence-electron chi connectivity index (χ2n) is 4.46. The number of fused-ring (bicyclic) bond motifs is 2. The first-order valence-corrected chi connectivity index (χ1v) is 6.87. The Morgan fingerprint density at radius 2 is 1.91 bits per heavy atom. The van der Waals surface area contributed by atoms with Crippen molar-refractivity contribution in [3.8, 4) is 0 Å². The van der Waals surface area contributed by atoms with Crippen LogP contribution in [0.15, 0.2) is 0 Å². The van der Waals surface area contributed by atoms with Crippen LogP contribution in [0.5, 0.6) is 0 Å². The van der Waals surface area contributed by atoms with Crippen LogP contribution in [0, 0.1) is 11.3 Å². The van der Waals surface area contributed by atoms with E-state index in [9.17, 15) is 0 Å². The molecular weight excluding hydrogens is 362 g/mol. The minimum Gasteiger partial charge on any atom is -0.0826 e. The maximum absolute atomic E-state index is 2.67. The maximum Gasteiger partial charge on any atom is 0.0166 e. The number of alkyl halides is 2. The highest BCUT2D eigenvalue weighted by Crippen LogP contribution is 2.55. The largest absolute Gasteiger partial charge is 0.0826 e. The van der Waals surface area contributed by atoms with E-state index in [-0.39, 0.29) is 0 Å². The Labute approximate surface area is 96.2 Å². The lowest BCUT2D eigenvalue weighted by atomic mass is 9.77. The Morgan fingerprint density at radius 1 is 1.18 bits per heavy atom. The number of hydrogen-bond donors (Lipinski definition) is 0. The van der Waals surface area contributed by atoms with Crippen molar-refractivity contribution in [3.05, 3.63) is 0 Å². The van der Waals surface area contributed by atoms with E-state index in [0.29, 0.717) is 5.41 Å². The Bertz CT molecular complexity index is 169. The summed E-state index contributed by atoms with van der Waals surface area (Å²) in [5, 5.41) is 0. The molecule has 2 aliphatic rings. The van der Waals surface area contributed by atoms with Crippen LogP contribution in [0.25, 0.3) is 0 Å². The van der Waals surface area contributed by atoms with Gasteiger partial charge in [0.05, 0.1) is 0 Å². The highest BCUT2D eigenvalue weighted by atomic mass is 127. The number of hydrogen-bond acceptors (Lipinski definition) is 0. The van der Waals surface area contributed by atoms with Crippen LogP contribution in [0.4, 0.5) is 0 Å². The van der Waals surface area contributed by atoms with Gasteiger partial charge in [-0.15, -0.1) is 0 Å². The van der Waals surface area contributed by atoms with Gasteiger partial charge in [-0.2, -0.15) is 0 Å². The molecule has 11 heavy (non-hydrogen) atoms. The van der Waals surface area contributed by atoms with Gasteiger partial charge >= 0.3 is 0 Å². The molecule has 2 fully saturated rings. The van der Waals surface area contributed by atoms with Crippen LogP contribution < -0.4 is 0 Å². The van der Waals surface area contributed by atoms with Gasteiger partial charge in [0.2, 0.25) is 0 Å². The highest BCUT2D eigenvalue weighted by molar-refractivity contribution is 14.1. The molecule has 4 unspecified atom stereocenters. The molecule has 0 saturated heterocycles. The van der Waals surface area contributed by atoms with Crippen molar-refractivity contribution in [3.63, 3.8) is 0 Å². The third-order valence-electron chi connectivity index (χ3n) is 3.33. The third-order valence-corrected chi connectivity index (χ3v) is 6.29. The van der Waals surface area contributed by atoms with Gasteiger partial charge in [0.15, 0.2) is 0 Å². The zero-order valence-electron chi connectivity index (χ0n) is 6.82. The highest BCUT2D eigenvalue weighted by Gasteiger charge is 2.47. The molecule has 0 aromatic rings. The summed E-state index contributed by atoms with van der Waals surface area (Å²) in [4.78, 5) is 0. The van der Waals surface area contributed by atoms with Crippen molar-refractivity contribution in [1.29, 1.82) is 0 Å². The summed E-state index contributed by atoms with van der Waals surface area (Å²) < 4.78 is 1.93. The fourth-order valence-electron chi connectivity index (χ4n) is 2.79. The molecule has 2 rings (SSSR count). The molecule has 0 aliphatic heterocycles. The monoisotopic (exact) mass is 376 g/mol. The molecule has 2 heteroatoms. The van der Waals surface area contributed by atoms with Crippen LogP contribution in [0.2, 0.25) is 0 Å². The Kier molecular flexibility index (Phi) is 2.46. The quantitative estimate of drug-likeness (QED) is 0.446. The van der Waals surface area contributed by atoms with E-state index >= 15 is 0 Å². The second kappa shape index (κ2) is 3.00. The topological polar surface area (TPSA) is 0 Å². The third kappa shape index (κ3) is 1.58. The average Bonchev–Trinajstić information content (AvgIpc) is 2.02. The molecule has 0 radical (unpaired) electrons. The van der Waals surface area contributed by atoms with Crippen molar-refractivity contribution < 1.29 is 0 Å². The predicted octanol–water partition coefficient (Wildman–Crippen LogP) is 3.80. The van der Waals surface area contributed by atoms with Gasteiger partial charge in [-0.1, -0.05) is 52.1 Å². The molecule has 2 bridgehead atoms. The summed E-state index contributed by atoms with van der Waals surface area (Å²) in [6.07, 6.45) is 5.98. The Morgan fingerprint density at radius 3 is 2.55 bits per heavy atom. The molecule has 0 N–H and O–H groups in total. The lowest BCUT2D eigenvalue weighted by molar-refractivity contribution is 0.258. The van der Waals surface area contributed by atoms with E-state index in [1.54, 1.807) is 0 Å². The molecule has 4 atom stereocenters. The lowest BCUT2D eigenvalue weighted by Crippen LogP contribution is -2.28. The fraction of sp³-hybridized carbons (Fsp3) is 1.00. The van der Waals surface area contributed by atoms with Crippen molar-refractivity contribution in [2.24, 2.45) is 11.3 Å². The predicted molar refractivity (Wildman–Crippen MR) is 65.7 cm³/mol. The summed E-state index contributed by atoms with van der Waals surface area (Å²) in [7, 11) is 0. The van der Waals surface area contributed by atoms with Crippen LogP contribution in [-0.4, -0.2) is 7.85 Å². The second-order valence-corrected chi connectivity index (χ2v) is 7.73. The van der Waals surface area contributed by atoms with Gasteiger partial charge < -0.3 is 0 Å². The molecule has 0 heterocycles. The van der Waals surface area contributed by atoms with E-state index in [1.807, 2.05) is 0 Å². The van der Waals surface area contributed by atoms with E-state index in [2.05, 4.69) is 52.1 Å². The van der Waals surface area contributed by atoms with Crippen LogP contribution >= 0.6 is 45.2 Å². The number of rotatable bonds is 0. The molecule has 0 spiro atoms. The molecule has 0 aromatic carbocycles. The zero-order valence-corrected chi connectivity index (χ0v) is 11.1. The van der Waals surface area contributed by atoms with Crippen molar-refractivity contribution >= 4 is 45.2 Å². The Balaban J connectivity index is 2.18. The fourth-order valence-corrected chi connectivity index (χ4v) is 5.74. The van der Waals surface area contributed by atoms with Gasteiger partial charge in [-0.25, -0.2) is 0 Å². The molecule has 2 saturated carbocycles. The van der Waals surface area contributed by atoms with E-state index in [1.165, 1.54) is 25.7 Å². The van der Waals surface area contributed by atoms with Crippen LogP contribution in [0.1, 0.15) is 32.6 Å². The average molecular weight is 376 g/mol. The van der Waals surface area contributed by atoms with E-state index in [0.717, 1.165) is 13.8 Å². The first-order valence-electron chi connectivity index (χ1n) is 4.38. The first kappa shape index (κ1) is 9.03. The van der Waals surface area contributed by atoms with Gasteiger partial charge in [0, 0.05) is 7.85 Å². The zero-order chi connectivity index (χ0) is 8.06. The van der Waals surface area contributed by atoms with Crippen molar-refractivity contribution in [2.45, 2.75) is 40.5 Å². The molecule has 0 amide bonds. The minimum absolute atomic E-state index is 0.704. The van der Waals surface area contributed by atoms with Crippen LogP contribution in [-0.2, 0) is 0 Å². The molecule has 64 valence electrons. The molecule has 0 nitrogen and oxygen atoms in total. The standard InChI is InChI=1S/C9H14I2/c1-9-4-6(3-8(9)11)2-7(10)5-9/h6-8H,2-5H2,1H3.